The number of carboxylic acid groups (broad SMARTS) is 1. The van der Waals surface area contributed by atoms with Gasteiger partial charge in [0.05, 0.1) is 7.11 Å². The van der Waals surface area contributed by atoms with Crippen molar-refractivity contribution in [2.24, 2.45) is 5.73 Å². The number of fused-ring (bicyclic) bond motifs is 1. The van der Waals surface area contributed by atoms with Gasteiger partial charge in [0.15, 0.2) is 0 Å². The fraction of sp³-hybridized carbons (Fsp3) is 0.545. The lowest BCUT2D eigenvalue weighted by atomic mass is 9.84. The number of methoxy groups -OCH3 is 1. The van der Waals surface area contributed by atoms with E-state index in [1.54, 1.807) is 26.0 Å². The lowest BCUT2D eigenvalue weighted by molar-refractivity contribution is -0.180. The normalized spacial score (nSPS) is 26.1. The monoisotopic (exact) mass is 478 g/mol. The highest BCUT2D eigenvalue weighted by atomic mass is 32.2. The topological polar surface area (TPSA) is 142 Å². The third-order valence-corrected chi connectivity index (χ3v) is 7.90. The minimum absolute atomic E-state index is 0.546. The summed E-state index contributed by atoms with van der Waals surface area (Å²) < 4.78 is 3.99. The second-order valence-electron chi connectivity index (χ2n) is 8.52. The molecule has 0 saturated carbocycles. The summed E-state index contributed by atoms with van der Waals surface area (Å²) in [6.07, 6.45) is 0. The second kappa shape index (κ2) is 8.86. The molecule has 2 heterocycles. The molecule has 0 aliphatic carbocycles. The Hall–Kier alpha value is -2.79. The van der Waals surface area contributed by atoms with E-state index in [2.05, 4.69) is 5.32 Å². The highest BCUT2D eigenvalue weighted by Gasteiger charge is 2.76. The van der Waals surface area contributed by atoms with Crippen molar-refractivity contribution in [2.45, 2.75) is 55.4 Å². The number of carbonyl (C=O) groups excluding carboxylic acids is 3. The van der Waals surface area contributed by atoms with E-state index in [4.69, 9.17) is 10.5 Å². The number of benzene rings is 1. The Balaban J connectivity index is 1.95. The lowest BCUT2D eigenvalue weighted by Gasteiger charge is -2.50. The third-order valence-electron chi connectivity index (χ3n) is 6.27. The zero-order valence-electron chi connectivity index (χ0n) is 19.3. The van der Waals surface area contributed by atoms with Crippen LogP contribution in [0.2, 0.25) is 0 Å². The Labute approximate surface area is 196 Å². The van der Waals surface area contributed by atoms with Crippen molar-refractivity contribution in [3.05, 3.63) is 29.8 Å². The third kappa shape index (κ3) is 3.72. The number of nitrogens with zero attached hydrogens (tertiary/aromatic N) is 2. The lowest BCUT2D eigenvalue weighted by Crippen LogP contribution is -2.83. The number of anilines is 1. The predicted molar refractivity (Wildman–Crippen MR) is 124 cm³/mol. The van der Waals surface area contributed by atoms with Crippen molar-refractivity contribution in [1.29, 1.82) is 0 Å². The molecule has 2 unspecified atom stereocenters. The van der Waals surface area contributed by atoms with Gasteiger partial charge < -0.3 is 30.7 Å². The van der Waals surface area contributed by atoms with Crippen LogP contribution in [0.1, 0.15) is 39.3 Å². The van der Waals surface area contributed by atoms with Gasteiger partial charge in [-0.2, -0.15) is 0 Å². The highest BCUT2D eigenvalue weighted by molar-refractivity contribution is 8.01. The number of rotatable bonds is 8. The Morgan fingerprint density at radius 3 is 2.42 bits per heavy atom. The molecule has 4 N–H and O–H groups in total. The fourth-order valence-corrected chi connectivity index (χ4v) is 6.27. The molecule has 33 heavy (non-hydrogen) atoms. The molecule has 0 radical (unpaired) electrons. The van der Waals surface area contributed by atoms with Crippen LogP contribution in [0.15, 0.2) is 24.3 Å². The van der Waals surface area contributed by atoms with E-state index in [1.807, 2.05) is 30.9 Å². The molecule has 2 aliphatic rings. The van der Waals surface area contributed by atoms with Crippen molar-refractivity contribution < 1.29 is 29.0 Å². The maximum absolute atomic E-state index is 13.3. The molecule has 2 aliphatic heterocycles. The van der Waals surface area contributed by atoms with Crippen LogP contribution < -0.4 is 16.0 Å². The van der Waals surface area contributed by atoms with Gasteiger partial charge >= 0.3 is 11.9 Å². The zero-order chi connectivity index (χ0) is 24.7. The molecule has 180 valence electrons. The van der Waals surface area contributed by atoms with E-state index >= 15 is 0 Å². The van der Waals surface area contributed by atoms with Crippen LogP contribution in [0.3, 0.4) is 0 Å². The van der Waals surface area contributed by atoms with Crippen LogP contribution in [0, 0.1) is 0 Å². The SMILES string of the molecule is CCN(CC)c1ccccc1C(N)C(=O)NC1(C(=O)OC)C(=O)N2[C@@H](C(=O)O)C(C)(C)S[C@@H]21. The average Bonchev–Trinajstić information content (AvgIpc) is 3.06. The average molecular weight is 479 g/mol. The first kappa shape index (κ1) is 24.8. The van der Waals surface area contributed by atoms with E-state index in [0.29, 0.717) is 18.7 Å². The van der Waals surface area contributed by atoms with Crippen molar-refractivity contribution in [3.8, 4) is 0 Å². The smallest absolute Gasteiger partial charge is 0.344 e. The number of hydrogen-bond donors (Lipinski definition) is 3. The number of ether oxygens (including phenoxy) is 1. The molecule has 0 spiro atoms. The first-order valence-electron chi connectivity index (χ1n) is 10.7. The van der Waals surface area contributed by atoms with E-state index in [1.165, 1.54) is 0 Å². The van der Waals surface area contributed by atoms with Crippen molar-refractivity contribution in [3.63, 3.8) is 0 Å². The molecular weight excluding hydrogens is 448 g/mol. The predicted octanol–water partition coefficient (Wildman–Crippen LogP) is 0.708. The standard InChI is InChI=1S/C22H30N4O6S/c1-6-25(7-2)13-11-9-8-10-12(13)14(23)16(27)24-22(20(31)32-5)18(30)26-15(17(28)29)21(3,4)33-19(22)26/h8-11,14-15,19H,6-7,23H2,1-5H3,(H,24,27)(H,28,29)/t14?,15-,19+,22?/m0/s1. The van der Waals surface area contributed by atoms with E-state index < -0.39 is 51.5 Å². The van der Waals surface area contributed by atoms with Gasteiger partial charge in [-0.25, -0.2) is 9.59 Å². The number of nitrogens with two attached hydrogens (primary N) is 1. The molecule has 0 aromatic heterocycles. The van der Waals surface area contributed by atoms with Crippen LogP contribution >= 0.6 is 11.8 Å². The Morgan fingerprint density at radius 1 is 1.27 bits per heavy atom. The molecule has 3 rings (SSSR count). The first-order valence-corrected chi connectivity index (χ1v) is 11.6. The maximum Gasteiger partial charge on any atom is 0.344 e. The van der Waals surface area contributed by atoms with Gasteiger partial charge in [-0.05, 0) is 33.8 Å². The molecular formula is C22H30N4O6S. The Morgan fingerprint density at radius 2 is 1.88 bits per heavy atom. The van der Waals surface area contributed by atoms with Gasteiger partial charge in [0.1, 0.15) is 17.5 Å². The highest BCUT2D eigenvalue weighted by Crippen LogP contribution is 2.55. The Kier molecular flexibility index (Phi) is 6.67. The number of hydrogen-bond acceptors (Lipinski definition) is 8. The second-order valence-corrected chi connectivity index (χ2v) is 10.3. The van der Waals surface area contributed by atoms with Crippen molar-refractivity contribution >= 4 is 41.2 Å². The van der Waals surface area contributed by atoms with Crippen LogP contribution in [-0.4, -0.2) is 75.7 Å². The molecule has 4 atom stereocenters. The first-order chi connectivity index (χ1) is 15.5. The minimum atomic E-state index is -2.04. The van der Waals surface area contributed by atoms with Gasteiger partial charge in [-0.15, -0.1) is 11.8 Å². The molecule has 2 saturated heterocycles. The largest absolute Gasteiger partial charge is 0.480 e. The molecule has 1 aromatic carbocycles. The van der Waals surface area contributed by atoms with Crippen LogP contribution in [-0.2, 0) is 23.9 Å². The number of aliphatic carboxylic acids is 1. The summed E-state index contributed by atoms with van der Waals surface area (Å²) in [4.78, 5) is 54.3. The van der Waals surface area contributed by atoms with Crippen LogP contribution in [0.4, 0.5) is 5.69 Å². The van der Waals surface area contributed by atoms with Crippen molar-refractivity contribution in [1.82, 2.24) is 10.2 Å². The molecule has 10 nitrogen and oxygen atoms in total. The quantitative estimate of drug-likeness (QED) is 0.280. The van der Waals surface area contributed by atoms with Crippen LogP contribution in [0.5, 0.6) is 0 Å². The minimum Gasteiger partial charge on any atom is -0.480 e. The zero-order valence-corrected chi connectivity index (χ0v) is 20.1. The van der Waals surface area contributed by atoms with Gasteiger partial charge in [0, 0.05) is 29.1 Å². The number of β-lactam (4-membered cyclic amide) rings is 1. The number of amides is 2. The summed E-state index contributed by atoms with van der Waals surface area (Å²) in [7, 11) is 1.11. The van der Waals surface area contributed by atoms with E-state index in [9.17, 15) is 24.3 Å². The maximum atomic E-state index is 13.3. The van der Waals surface area contributed by atoms with Crippen LogP contribution in [0.25, 0.3) is 0 Å². The summed E-state index contributed by atoms with van der Waals surface area (Å²) in [5.74, 6) is -3.69. The molecule has 1 aromatic rings. The van der Waals surface area contributed by atoms with Gasteiger partial charge in [0.25, 0.3) is 5.91 Å². The number of carboxylic acids is 1. The molecule has 2 amide bonds. The molecule has 2 fully saturated rings. The van der Waals surface area contributed by atoms with Gasteiger partial charge in [-0.1, -0.05) is 18.2 Å². The van der Waals surface area contributed by atoms with E-state index in [0.717, 1.165) is 29.5 Å². The summed E-state index contributed by atoms with van der Waals surface area (Å²) in [6, 6.07) is 4.87. The molecule has 11 heteroatoms. The summed E-state index contributed by atoms with van der Waals surface area (Å²) >= 11 is 1.13. The Bertz CT molecular complexity index is 981. The number of carbonyl (C=O) groups is 4. The van der Waals surface area contributed by atoms with Gasteiger partial charge in [-0.3, -0.25) is 9.59 Å². The number of nitrogens with one attached hydrogen (secondary N) is 1. The molecule has 0 bridgehead atoms. The van der Waals surface area contributed by atoms with Gasteiger partial charge in [0.2, 0.25) is 11.4 Å². The summed E-state index contributed by atoms with van der Waals surface area (Å²) in [5, 5.41) is 11.3. The fourth-order valence-electron chi connectivity index (χ4n) is 4.59. The summed E-state index contributed by atoms with van der Waals surface area (Å²) in [6.45, 7) is 8.73. The van der Waals surface area contributed by atoms with E-state index in [-0.39, 0.29) is 0 Å². The number of esters is 1. The number of para-hydroxylation sites is 1. The number of thioether (sulfide) groups is 1. The summed E-state index contributed by atoms with van der Waals surface area (Å²) in [5.41, 5.74) is 5.59. The van der Waals surface area contributed by atoms with Crippen molar-refractivity contribution in [2.75, 3.05) is 25.1 Å².